The predicted molar refractivity (Wildman–Crippen MR) is 102 cm³/mol. The molecule has 142 valence electrons. The number of piperidine rings is 1. The Morgan fingerprint density at radius 1 is 1.15 bits per heavy atom. The molecule has 1 aromatic carbocycles. The second kappa shape index (κ2) is 7.60. The highest BCUT2D eigenvalue weighted by Gasteiger charge is 2.22. The molecule has 0 spiro atoms. The van der Waals surface area contributed by atoms with E-state index in [1.807, 2.05) is 29.9 Å². The molecular weight excluding hydrogens is 343 g/mol. The lowest BCUT2D eigenvalue weighted by Gasteiger charge is -2.28. The smallest absolute Gasteiger partial charge is 0.183 e. The minimum absolute atomic E-state index is 0.287. The molecule has 3 aromatic rings. The van der Waals surface area contributed by atoms with Gasteiger partial charge in [-0.1, -0.05) is 6.07 Å². The van der Waals surface area contributed by atoms with Crippen molar-refractivity contribution in [3.8, 4) is 17.2 Å². The SMILES string of the molecule is CCn1ccc(-c2nc(CC3CCN(C)CC3)nn2-c2cccc(F)c2)n1. The zero-order valence-electron chi connectivity index (χ0n) is 15.8. The van der Waals surface area contributed by atoms with Gasteiger partial charge in [0.05, 0.1) is 5.69 Å². The van der Waals surface area contributed by atoms with Crippen molar-refractivity contribution >= 4 is 0 Å². The van der Waals surface area contributed by atoms with Crippen molar-refractivity contribution in [1.29, 1.82) is 0 Å². The molecule has 0 N–H and O–H groups in total. The number of nitrogens with zero attached hydrogens (tertiary/aromatic N) is 6. The minimum Gasteiger partial charge on any atom is -0.306 e. The van der Waals surface area contributed by atoms with E-state index < -0.39 is 0 Å². The van der Waals surface area contributed by atoms with Gasteiger partial charge in [-0.2, -0.15) is 10.2 Å². The van der Waals surface area contributed by atoms with Gasteiger partial charge in [0, 0.05) is 19.2 Å². The largest absolute Gasteiger partial charge is 0.306 e. The molecular formula is C20H25FN6. The number of aromatic nitrogens is 5. The van der Waals surface area contributed by atoms with Gasteiger partial charge >= 0.3 is 0 Å². The lowest BCUT2D eigenvalue weighted by atomic mass is 9.94. The monoisotopic (exact) mass is 368 g/mol. The predicted octanol–water partition coefficient (Wildman–Crippen LogP) is 3.17. The third-order valence-corrected chi connectivity index (χ3v) is 5.21. The molecule has 1 aliphatic rings. The molecule has 3 heterocycles. The molecule has 1 fully saturated rings. The Hall–Kier alpha value is -2.54. The van der Waals surface area contributed by atoms with Crippen molar-refractivity contribution in [2.45, 2.75) is 32.7 Å². The fourth-order valence-corrected chi connectivity index (χ4v) is 3.58. The summed E-state index contributed by atoms with van der Waals surface area (Å²) in [7, 11) is 2.16. The summed E-state index contributed by atoms with van der Waals surface area (Å²) < 4.78 is 17.4. The standard InChI is InChI=1S/C20H25FN6/c1-3-26-12-9-18(23-26)20-22-19(13-15-7-10-25(2)11-8-15)24-27(20)17-6-4-5-16(21)14-17/h4-6,9,12,14-15H,3,7-8,10-11,13H2,1-2H3. The second-order valence-electron chi connectivity index (χ2n) is 7.25. The number of rotatable bonds is 5. The van der Waals surface area contributed by atoms with Crippen molar-refractivity contribution in [2.24, 2.45) is 5.92 Å². The van der Waals surface area contributed by atoms with E-state index in [9.17, 15) is 4.39 Å². The van der Waals surface area contributed by atoms with E-state index in [0.717, 1.165) is 50.4 Å². The van der Waals surface area contributed by atoms with Crippen molar-refractivity contribution in [1.82, 2.24) is 29.4 Å². The van der Waals surface area contributed by atoms with Gasteiger partial charge in [0.2, 0.25) is 0 Å². The van der Waals surface area contributed by atoms with Crippen LogP contribution in [0.25, 0.3) is 17.2 Å². The Morgan fingerprint density at radius 2 is 1.96 bits per heavy atom. The van der Waals surface area contributed by atoms with Gasteiger partial charge < -0.3 is 4.90 Å². The first-order chi connectivity index (χ1) is 13.1. The minimum atomic E-state index is -0.287. The molecule has 7 heteroatoms. The summed E-state index contributed by atoms with van der Waals surface area (Å²) in [4.78, 5) is 7.15. The first-order valence-electron chi connectivity index (χ1n) is 9.56. The first-order valence-corrected chi connectivity index (χ1v) is 9.56. The number of halogens is 1. The maximum atomic E-state index is 13.8. The van der Waals surface area contributed by atoms with Crippen LogP contribution in [0.4, 0.5) is 4.39 Å². The van der Waals surface area contributed by atoms with Gasteiger partial charge in [-0.05, 0) is 70.1 Å². The van der Waals surface area contributed by atoms with Crippen LogP contribution in [0, 0.1) is 11.7 Å². The lowest BCUT2D eigenvalue weighted by molar-refractivity contribution is 0.217. The fourth-order valence-electron chi connectivity index (χ4n) is 3.58. The Bertz CT molecular complexity index is 907. The molecule has 4 rings (SSSR count). The first kappa shape index (κ1) is 17.9. The van der Waals surface area contributed by atoms with E-state index >= 15 is 0 Å². The average Bonchev–Trinajstić information content (AvgIpc) is 3.30. The third kappa shape index (κ3) is 3.93. The van der Waals surface area contributed by atoms with E-state index in [2.05, 4.69) is 17.0 Å². The maximum absolute atomic E-state index is 13.8. The fraction of sp³-hybridized carbons (Fsp3) is 0.450. The van der Waals surface area contributed by atoms with Crippen molar-refractivity contribution in [2.75, 3.05) is 20.1 Å². The topological polar surface area (TPSA) is 51.8 Å². The molecule has 1 aliphatic heterocycles. The van der Waals surface area contributed by atoms with Crippen molar-refractivity contribution < 1.29 is 4.39 Å². The van der Waals surface area contributed by atoms with E-state index in [-0.39, 0.29) is 5.82 Å². The van der Waals surface area contributed by atoms with E-state index in [0.29, 0.717) is 17.4 Å². The number of aryl methyl sites for hydroxylation is 1. The van der Waals surface area contributed by atoms with Crippen molar-refractivity contribution in [3.63, 3.8) is 0 Å². The van der Waals surface area contributed by atoms with Gasteiger partial charge in [0.1, 0.15) is 11.5 Å². The van der Waals surface area contributed by atoms with Gasteiger partial charge in [-0.15, -0.1) is 0 Å². The number of benzene rings is 1. The van der Waals surface area contributed by atoms with Crippen LogP contribution >= 0.6 is 0 Å². The van der Waals surface area contributed by atoms with Gasteiger partial charge in [0.25, 0.3) is 0 Å². The molecule has 0 saturated carbocycles. The summed E-state index contributed by atoms with van der Waals surface area (Å²) in [5.41, 5.74) is 1.42. The van der Waals surface area contributed by atoms with E-state index in [1.165, 1.54) is 12.1 Å². The van der Waals surface area contributed by atoms with Gasteiger partial charge in [-0.3, -0.25) is 4.68 Å². The number of likely N-dealkylation sites (tertiary alicyclic amines) is 1. The molecule has 0 aliphatic carbocycles. The molecule has 0 unspecified atom stereocenters. The molecule has 2 aromatic heterocycles. The van der Waals surface area contributed by atoms with Crippen LogP contribution in [0.15, 0.2) is 36.5 Å². The second-order valence-corrected chi connectivity index (χ2v) is 7.25. The molecule has 0 atom stereocenters. The van der Waals surface area contributed by atoms with Crippen LogP contribution in [0.3, 0.4) is 0 Å². The quantitative estimate of drug-likeness (QED) is 0.694. The van der Waals surface area contributed by atoms with Crippen LogP contribution in [0.2, 0.25) is 0 Å². The number of hydrogen-bond donors (Lipinski definition) is 0. The highest BCUT2D eigenvalue weighted by Crippen LogP contribution is 2.24. The summed E-state index contributed by atoms with van der Waals surface area (Å²) in [6.45, 7) is 5.06. The Balaban J connectivity index is 1.68. The molecule has 6 nitrogen and oxygen atoms in total. The summed E-state index contributed by atoms with van der Waals surface area (Å²) in [5.74, 6) is 1.76. The summed E-state index contributed by atoms with van der Waals surface area (Å²) in [6, 6.07) is 8.39. The average molecular weight is 368 g/mol. The van der Waals surface area contributed by atoms with Crippen LogP contribution < -0.4 is 0 Å². The molecule has 0 amide bonds. The Labute approximate surface area is 158 Å². The van der Waals surface area contributed by atoms with Crippen molar-refractivity contribution in [3.05, 3.63) is 48.2 Å². The number of hydrogen-bond acceptors (Lipinski definition) is 4. The normalized spacial score (nSPS) is 16.1. The van der Waals surface area contributed by atoms with E-state index in [1.54, 1.807) is 10.7 Å². The lowest BCUT2D eigenvalue weighted by Crippen LogP contribution is -2.31. The Morgan fingerprint density at radius 3 is 2.67 bits per heavy atom. The van der Waals surface area contributed by atoms with Crippen LogP contribution in [-0.2, 0) is 13.0 Å². The van der Waals surface area contributed by atoms with Gasteiger partial charge in [0.15, 0.2) is 11.6 Å². The third-order valence-electron chi connectivity index (χ3n) is 5.21. The highest BCUT2D eigenvalue weighted by atomic mass is 19.1. The highest BCUT2D eigenvalue weighted by molar-refractivity contribution is 5.52. The zero-order valence-corrected chi connectivity index (χ0v) is 15.8. The molecule has 27 heavy (non-hydrogen) atoms. The van der Waals surface area contributed by atoms with Crippen LogP contribution in [-0.4, -0.2) is 49.6 Å². The molecule has 0 bridgehead atoms. The summed E-state index contributed by atoms with van der Waals surface area (Å²) in [6.07, 6.45) is 5.09. The Kier molecular flexibility index (Phi) is 5.03. The van der Waals surface area contributed by atoms with Crippen LogP contribution in [0.5, 0.6) is 0 Å². The molecule has 0 radical (unpaired) electrons. The molecule has 1 saturated heterocycles. The van der Waals surface area contributed by atoms with Crippen LogP contribution in [0.1, 0.15) is 25.6 Å². The summed E-state index contributed by atoms with van der Waals surface area (Å²) >= 11 is 0. The van der Waals surface area contributed by atoms with E-state index in [4.69, 9.17) is 10.1 Å². The summed E-state index contributed by atoms with van der Waals surface area (Å²) in [5, 5.41) is 9.29. The zero-order chi connectivity index (χ0) is 18.8. The maximum Gasteiger partial charge on any atom is 0.183 e. The van der Waals surface area contributed by atoms with Gasteiger partial charge in [-0.25, -0.2) is 14.1 Å².